The van der Waals surface area contributed by atoms with Gasteiger partial charge in [-0.05, 0) is 17.5 Å². The number of benzene rings is 1. The van der Waals surface area contributed by atoms with E-state index in [0.717, 1.165) is 17.4 Å². The van der Waals surface area contributed by atoms with Crippen molar-refractivity contribution in [1.29, 1.82) is 0 Å². The Morgan fingerprint density at radius 3 is 2.24 bits per heavy atom. The third-order valence-electron chi connectivity index (χ3n) is 2.16. The number of carboxylic acids is 1. The van der Waals surface area contributed by atoms with Gasteiger partial charge in [0.2, 0.25) is 10.0 Å². The van der Waals surface area contributed by atoms with Crippen molar-refractivity contribution in [3.8, 4) is 0 Å². The van der Waals surface area contributed by atoms with E-state index in [1.54, 1.807) is 12.1 Å². The molecule has 1 aromatic rings. The van der Waals surface area contributed by atoms with Crippen LogP contribution in [0.15, 0.2) is 24.3 Å². The second-order valence-corrected chi connectivity index (χ2v) is 5.64. The van der Waals surface area contributed by atoms with Gasteiger partial charge in [0.25, 0.3) is 0 Å². The minimum Gasteiger partial charge on any atom is -0.481 e. The van der Waals surface area contributed by atoms with E-state index in [-0.39, 0.29) is 6.42 Å². The Morgan fingerprint density at radius 2 is 1.76 bits per heavy atom. The van der Waals surface area contributed by atoms with Gasteiger partial charge < -0.3 is 5.11 Å². The highest BCUT2D eigenvalue weighted by atomic mass is 32.2. The van der Waals surface area contributed by atoms with E-state index in [2.05, 4.69) is 4.72 Å². The van der Waals surface area contributed by atoms with Crippen molar-refractivity contribution in [1.82, 2.24) is 4.72 Å². The summed E-state index contributed by atoms with van der Waals surface area (Å²) in [5.41, 5.74) is 1.70. The van der Waals surface area contributed by atoms with Gasteiger partial charge in [-0.25, -0.2) is 13.1 Å². The Kier molecular flexibility index (Phi) is 4.65. The molecule has 0 fully saturated rings. The van der Waals surface area contributed by atoms with Gasteiger partial charge in [-0.1, -0.05) is 24.3 Å². The summed E-state index contributed by atoms with van der Waals surface area (Å²) in [7, 11) is -3.15. The van der Waals surface area contributed by atoms with E-state index in [1.165, 1.54) is 0 Å². The van der Waals surface area contributed by atoms with Crippen molar-refractivity contribution in [2.75, 3.05) is 12.8 Å². The Bertz CT molecular complexity index is 479. The minimum atomic E-state index is -3.15. The van der Waals surface area contributed by atoms with Gasteiger partial charge in [0.05, 0.1) is 12.7 Å². The first kappa shape index (κ1) is 13.7. The topological polar surface area (TPSA) is 83.5 Å². The lowest BCUT2D eigenvalue weighted by Gasteiger charge is -2.03. The van der Waals surface area contributed by atoms with Crippen LogP contribution in [0.5, 0.6) is 0 Å². The van der Waals surface area contributed by atoms with Crippen LogP contribution in [-0.2, 0) is 27.7 Å². The molecule has 1 rings (SSSR count). The van der Waals surface area contributed by atoms with E-state index < -0.39 is 16.0 Å². The van der Waals surface area contributed by atoms with Crippen molar-refractivity contribution in [2.45, 2.75) is 12.8 Å². The predicted octanol–water partition coefficient (Wildman–Crippen LogP) is 0.405. The second kappa shape index (κ2) is 5.79. The fourth-order valence-electron chi connectivity index (χ4n) is 1.38. The second-order valence-electron chi connectivity index (χ2n) is 3.80. The molecule has 0 bridgehead atoms. The lowest BCUT2D eigenvalue weighted by Crippen LogP contribution is -2.24. The molecule has 0 aliphatic heterocycles. The molecule has 0 aromatic heterocycles. The molecule has 0 saturated carbocycles. The molecule has 6 heteroatoms. The Balaban J connectivity index is 2.48. The summed E-state index contributed by atoms with van der Waals surface area (Å²) < 4.78 is 24.0. The first-order valence-corrected chi connectivity index (χ1v) is 7.00. The van der Waals surface area contributed by atoms with Crippen molar-refractivity contribution in [3.63, 3.8) is 0 Å². The zero-order valence-corrected chi connectivity index (χ0v) is 10.3. The highest BCUT2D eigenvalue weighted by Crippen LogP contribution is 2.05. The SMILES string of the molecule is CS(=O)(=O)NCCc1ccc(CC(=O)O)cc1. The fourth-order valence-corrected chi connectivity index (χ4v) is 1.85. The number of hydrogen-bond acceptors (Lipinski definition) is 3. The fraction of sp³-hybridized carbons (Fsp3) is 0.364. The number of carboxylic acid groups (broad SMARTS) is 1. The summed E-state index contributed by atoms with van der Waals surface area (Å²) >= 11 is 0. The average molecular weight is 257 g/mol. The molecule has 94 valence electrons. The summed E-state index contributed by atoms with van der Waals surface area (Å²) in [6.45, 7) is 0.344. The zero-order chi connectivity index (χ0) is 12.9. The lowest BCUT2D eigenvalue weighted by molar-refractivity contribution is -0.136. The minimum absolute atomic E-state index is 0.00185. The molecule has 1 aromatic carbocycles. The molecule has 0 heterocycles. The Labute approximate surface area is 101 Å². The first-order chi connectivity index (χ1) is 7.87. The Hall–Kier alpha value is -1.40. The molecule has 0 spiro atoms. The number of aliphatic carboxylic acids is 1. The van der Waals surface area contributed by atoms with Gasteiger partial charge in [0.15, 0.2) is 0 Å². The summed E-state index contributed by atoms with van der Waals surface area (Å²) in [6.07, 6.45) is 1.70. The molecule has 0 atom stereocenters. The summed E-state index contributed by atoms with van der Waals surface area (Å²) in [6, 6.07) is 7.10. The third-order valence-corrected chi connectivity index (χ3v) is 2.88. The summed E-state index contributed by atoms with van der Waals surface area (Å²) in [5, 5.41) is 8.59. The molecule has 5 nitrogen and oxygen atoms in total. The van der Waals surface area contributed by atoms with E-state index in [1.807, 2.05) is 12.1 Å². The molecular formula is C11H15NO4S. The highest BCUT2D eigenvalue weighted by molar-refractivity contribution is 7.88. The smallest absolute Gasteiger partial charge is 0.307 e. The number of carbonyl (C=O) groups is 1. The maximum Gasteiger partial charge on any atom is 0.307 e. The van der Waals surface area contributed by atoms with Crippen molar-refractivity contribution in [3.05, 3.63) is 35.4 Å². The maximum atomic E-state index is 10.8. The molecule has 0 saturated heterocycles. The summed E-state index contributed by atoms with van der Waals surface area (Å²) in [4.78, 5) is 10.5. The van der Waals surface area contributed by atoms with Crippen LogP contribution in [0.3, 0.4) is 0 Å². The van der Waals surface area contributed by atoms with E-state index in [4.69, 9.17) is 5.11 Å². The third kappa shape index (κ3) is 6.03. The molecule has 2 N–H and O–H groups in total. The molecule has 0 radical (unpaired) electrons. The van der Waals surface area contributed by atoms with Crippen LogP contribution in [0.2, 0.25) is 0 Å². The van der Waals surface area contributed by atoms with Gasteiger partial charge in [-0.3, -0.25) is 4.79 Å². The lowest BCUT2D eigenvalue weighted by atomic mass is 10.1. The zero-order valence-electron chi connectivity index (χ0n) is 9.51. The largest absolute Gasteiger partial charge is 0.481 e. The van der Waals surface area contributed by atoms with Crippen LogP contribution in [-0.4, -0.2) is 32.3 Å². The van der Waals surface area contributed by atoms with Crippen molar-refractivity contribution < 1.29 is 18.3 Å². The number of rotatable bonds is 6. The molecule has 0 amide bonds. The molecule has 0 unspecified atom stereocenters. The van der Waals surface area contributed by atoms with E-state index in [0.29, 0.717) is 13.0 Å². The predicted molar refractivity (Wildman–Crippen MR) is 64.3 cm³/mol. The van der Waals surface area contributed by atoms with Crippen molar-refractivity contribution in [2.24, 2.45) is 0 Å². The highest BCUT2D eigenvalue weighted by Gasteiger charge is 2.02. The first-order valence-electron chi connectivity index (χ1n) is 5.11. The van der Waals surface area contributed by atoms with Crippen LogP contribution >= 0.6 is 0 Å². The van der Waals surface area contributed by atoms with Crippen LogP contribution in [0.25, 0.3) is 0 Å². The summed E-state index contributed by atoms with van der Waals surface area (Å²) in [5.74, 6) is -0.864. The normalized spacial score (nSPS) is 11.4. The van der Waals surface area contributed by atoms with Crippen molar-refractivity contribution >= 4 is 16.0 Å². The maximum absolute atomic E-state index is 10.8. The monoisotopic (exact) mass is 257 g/mol. The van der Waals surface area contributed by atoms with Gasteiger partial charge in [0.1, 0.15) is 0 Å². The van der Waals surface area contributed by atoms with Gasteiger partial charge in [-0.2, -0.15) is 0 Å². The quantitative estimate of drug-likeness (QED) is 0.773. The van der Waals surface area contributed by atoms with Gasteiger partial charge in [0, 0.05) is 6.54 Å². The molecular weight excluding hydrogens is 242 g/mol. The number of sulfonamides is 1. The van der Waals surface area contributed by atoms with Crippen LogP contribution in [0.4, 0.5) is 0 Å². The van der Waals surface area contributed by atoms with Gasteiger partial charge in [-0.15, -0.1) is 0 Å². The average Bonchev–Trinajstić information content (AvgIpc) is 2.18. The Morgan fingerprint density at radius 1 is 1.24 bits per heavy atom. The van der Waals surface area contributed by atoms with Crippen LogP contribution in [0, 0.1) is 0 Å². The van der Waals surface area contributed by atoms with Gasteiger partial charge >= 0.3 is 5.97 Å². The van der Waals surface area contributed by atoms with Crippen LogP contribution in [0.1, 0.15) is 11.1 Å². The van der Waals surface area contributed by atoms with E-state index >= 15 is 0 Å². The standard InChI is InChI=1S/C11H15NO4S/c1-17(15,16)12-7-6-9-2-4-10(5-3-9)8-11(13)14/h2-5,12H,6-8H2,1H3,(H,13,14). The molecule has 0 aliphatic carbocycles. The van der Waals surface area contributed by atoms with E-state index in [9.17, 15) is 13.2 Å². The molecule has 17 heavy (non-hydrogen) atoms. The number of nitrogens with one attached hydrogen (secondary N) is 1. The van der Waals surface area contributed by atoms with Crippen LogP contribution < -0.4 is 4.72 Å². The number of hydrogen-bond donors (Lipinski definition) is 2. The molecule has 0 aliphatic rings.